The van der Waals surface area contributed by atoms with E-state index in [-0.39, 0.29) is 18.7 Å². The van der Waals surface area contributed by atoms with Crippen LogP contribution in [0.15, 0.2) is 41.8 Å². The van der Waals surface area contributed by atoms with Gasteiger partial charge in [0.25, 0.3) is 0 Å². The van der Waals surface area contributed by atoms with Crippen LogP contribution in [0, 0.1) is 6.92 Å². The maximum Gasteiger partial charge on any atom is 0.308 e. The average Bonchev–Trinajstić information content (AvgIpc) is 3.18. The maximum absolute atomic E-state index is 12.1. The third kappa shape index (κ3) is 4.52. The maximum atomic E-state index is 12.1. The highest BCUT2D eigenvalue weighted by Gasteiger charge is 2.17. The van der Waals surface area contributed by atoms with Gasteiger partial charge in [0.05, 0.1) is 18.5 Å². The molecular formula is C18H16N2O3S2. The molecule has 7 heteroatoms. The molecule has 0 bridgehead atoms. The number of rotatable bonds is 6. The standard InChI is InChI=1S/C18H16N2O3S2/c1-11-4-6-12(7-5-11)17-14(10-16(22)23)25-18(20-17)19-15(21)9-13-3-2-8-24-13/h2-8H,9-10H2,1H3,(H,22,23)(H,19,20,21). The molecule has 25 heavy (non-hydrogen) atoms. The summed E-state index contributed by atoms with van der Waals surface area (Å²) in [4.78, 5) is 29.3. The number of carboxylic acid groups (broad SMARTS) is 1. The number of hydrogen-bond donors (Lipinski definition) is 2. The second kappa shape index (κ2) is 7.58. The van der Waals surface area contributed by atoms with Crippen LogP contribution in [0.5, 0.6) is 0 Å². The van der Waals surface area contributed by atoms with Gasteiger partial charge in [-0.05, 0) is 18.4 Å². The van der Waals surface area contributed by atoms with Gasteiger partial charge in [0, 0.05) is 15.3 Å². The number of aromatic nitrogens is 1. The van der Waals surface area contributed by atoms with Crippen LogP contribution in [0.25, 0.3) is 11.3 Å². The quantitative estimate of drug-likeness (QED) is 0.686. The van der Waals surface area contributed by atoms with Gasteiger partial charge >= 0.3 is 5.97 Å². The second-order valence-electron chi connectivity index (χ2n) is 5.53. The van der Waals surface area contributed by atoms with Crippen molar-refractivity contribution >= 4 is 39.7 Å². The van der Waals surface area contributed by atoms with E-state index in [1.54, 1.807) is 0 Å². The molecule has 0 saturated heterocycles. The van der Waals surface area contributed by atoms with E-state index in [0.717, 1.165) is 16.0 Å². The minimum Gasteiger partial charge on any atom is -0.481 e. The van der Waals surface area contributed by atoms with E-state index in [1.165, 1.54) is 22.7 Å². The van der Waals surface area contributed by atoms with Crippen LogP contribution >= 0.6 is 22.7 Å². The molecule has 0 atom stereocenters. The second-order valence-corrected chi connectivity index (χ2v) is 7.65. The third-order valence-corrected chi connectivity index (χ3v) is 5.34. The van der Waals surface area contributed by atoms with Gasteiger partial charge in [-0.15, -0.1) is 22.7 Å². The van der Waals surface area contributed by atoms with E-state index in [4.69, 9.17) is 5.11 Å². The van der Waals surface area contributed by atoms with Crippen molar-refractivity contribution in [2.75, 3.05) is 5.32 Å². The average molecular weight is 372 g/mol. The van der Waals surface area contributed by atoms with Crippen LogP contribution in [-0.2, 0) is 22.4 Å². The van der Waals surface area contributed by atoms with E-state index >= 15 is 0 Å². The number of carbonyl (C=O) groups excluding carboxylic acids is 1. The summed E-state index contributed by atoms with van der Waals surface area (Å²) >= 11 is 2.73. The van der Waals surface area contributed by atoms with Gasteiger partial charge in [0.1, 0.15) is 0 Å². The van der Waals surface area contributed by atoms with Crippen LogP contribution in [0.4, 0.5) is 5.13 Å². The number of nitrogens with zero attached hydrogens (tertiary/aromatic N) is 1. The molecule has 0 aliphatic rings. The fourth-order valence-electron chi connectivity index (χ4n) is 2.33. The highest BCUT2D eigenvalue weighted by atomic mass is 32.1. The Kier molecular flexibility index (Phi) is 5.25. The molecule has 3 rings (SSSR count). The number of nitrogens with one attached hydrogen (secondary N) is 1. The predicted molar refractivity (Wildman–Crippen MR) is 100 cm³/mol. The molecule has 1 amide bonds. The molecule has 0 aliphatic carbocycles. The van der Waals surface area contributed by atoms with E-state index in [9.17, 15) is 9.59 Å². The molecule has 0 aliphatic heterocycles. The summed E-state index contributed by atoms with van der Waals surface area (Å²) in [5.74, 6) is -1.08. The minimum atomic E-state index is -0.923. The van der Waals surface area contributed by atoms with Gasteiger partial charge in [-0.3, -0.25) is 9.59 Å². The molecule has 5 nitrogen and oxygen atoms in total. The lowest BCUT2D eigenvalue weighted by molar-refractivity contribution is -0.136. The number of aliphatic carboxylic acids is 1. The number of anilines is 1. The van der Waals surface area contributed by atoms with Crippen molar-refractivity contribution in [3.05, 3.63) is 57.1 Å². The zero-order valence-electron chi connectivity index (χ0n) is 13.5. The first-order chi connectivity index (χ1) is 12.0. The Hall–Kier alpha value is -2.51. The number of hydrogen-bond acceptors (Lipinski definition) is 5. The Labute approximate surface area is 153 Å². The molecular weight excluding hydrogens is 356 g/mol. The largest absolute Gasteiger partial charge is 0.481 e. The fourth-order valence-corrected chi connectivity index (χ4v) is 4.03. The molecule has 0 saturated carbocycles. The van der Waals surface area contributed by atoms with Crippen molar-refractivity contribution < 1.29 is 14.7 Å². The van der Waals surface area contributed by atoms with E-state index < -0.39 is 5.97 Å². The predicted octanol–water partition coefficient (Wildman–Crippen LogP) is 3.99. The van der Waals surface area contributed by atoms with Gasteiger partial charge < -0.3 is 10.4 Å². The SMILES string of the molecule is Cc1ccc(-c2nc(NC(=O)Cc3cccs3)sc2CC(=O)O)cc1. The number of aryl methyl sites for hydroxylation is 1. The lowest BCUT2D eigenvalue weighted by Crippen LogP contribution is -2.13. The Morgan fingerprint density at radius 2 is 1.92 bits per heavy atom. The van der Waals surface area contributed by atoms with Crippen LogP contribution in [0.3, 0.4) is 0 Å². The van der Waals surface area contributed by atoms with Gasteiger partial charge in [-0.2, -0.15) is 0 Å². The van der Waals surface area contributed by atoms with Crippen molar-refractivity contribution in [1.82, 2.24) is 4.98 Å². The van der Waals surface area contributed by atoms with E-state index in [1.807, 2.05) is 48.7 Å². The normalized spacial score (nSPS) is 10.6. The number of carboxylic acids is 1. The summed E-state index contributed by atoms with van der Waals surface area (Å²) in [6.45, 7) is 1.99. The van der Waals surface area contributed by atoms with Crippen molar-refractivity contribution in [3.63, 3.8) is 0 Å². The van der Waals surface area contributed by atoms with Crippen LogP contribution in [-0.4, -0.2) is 22.0 Å². The monoisotopic (exact) mass is 372 g/mol. The fraction of sp³-hybridized carbons (Fsp3) is 0.167. The summed E-state index contributed by atoms with van der Waals surface area (Å²) < 4.78 is 0. The smallest absolute Gasteiger partial charge is 0.308 e. The van der Waals surface area contributed by atoms with Crippen molar-refractivity contribution in [2.45, 2.75) is 19.8 Å². The summed E-state index contributed by atoms with van der Waals surface area (Å²) in [5, 5.41) is 14.3. The molecule has 3 aromatic rings. The molecule has 2 aromatic heterocycles. The number of thiazole rings is 1. The number of benzene rings is 1. The Bertz CT molecular complexity index is 884. The molecule has 128 valence electrons. The first-order valence-electron chi connectivity index (χ1n) is 7.62. The third-order valence-electron chi connectivity index (χ3n) is 3.50. The topological polar surface area (TPSA) is 79.3 Å². The van der Waals surface area contributed by atoms with Gasteiger partial charge in [-0.1, -0.05) is 35.9 Å². The van der Waals surface area contributed by atoms with Crippen LogP contribution < -0.4 is 5.32 Å². The Morgan fingerprint density at radius 1 is 1.16 bits per heavy atom. The lowest BCUT2D eigenvalue weighted by Gasteiger charge is -2.01. The molecule has 0 spiro atoms. The molecule has 0 unspecified atom stereocenters. The summed E-state index contributed by atoms with van der Waals surface area (Å²) in [7, 11) is 0. The minimum absolute atomic E-state index is 0.123. The van der Waals surface area contributed by atoms with E-state index in [2.05, 4.69) is 10.3 Å². The van der Waals surface area contributed by atoms with Crippen molar-refractivity contribution in [2.24, 2.45) is 0 Å². The summed E-state index contributed by atoms with van der Waals surface area (Å²) in [6.07, 6.45) is 0.160. The zero-order valence-corrected chi connectivity index (χ0v) is 15.1. The Morgan fingerprint density at radius 3 is 2.56 bits per heavy atom. The number of amides is 1. The molecule has 2 heterocycles. The molecule has 2 N–H and O–H groups in total. The summed E-state index contributed by atoms with van der Waals surface area (Å²) in [5.41, 5.74) is 2.57. The molecule has 0 radical (unpaired) electrons. The van der Waals surface area contributed by atoms with Gasteiger partial charge in [0.15, 0.2) is 5.13 Å². The zero-order chi connectivity index (χ0) is 17.8. The Balaban J connectivity index is 1.83. The lowest BCUT2D eigenvalue weighted by atomic mass is 10.1. The molecule has 0 fully saturated rings. The highest BCUT2D eigenvalue weighted by molar-refractivity contribution is 7.16. The van der Waals surface area contributed by atoms with Crippen LogP contribution in [0.1, 0.15) is 15.3 Å². The summed E-state index contributed by atoms with van der Waals surface area (Å²) in [6, 6.07) is 11.5. The number of carbonyl (C=O) groups is 2. The number of thiophene rings is 1. The van der Waals surface area contributed by atoms with Crippen molar-refractivity contribution in [1.29, 1.82) is 0 Å². The highest BCUT2D eigenvalue weighted by Crippen LogP contribution is 2.32. The first kappa shape index (κ1) is 17.3. The molecule has 1 aromatic carbocycles. The first-order valence-corrected chi connectivity index (χ1v) is 9.31. The van der Waals surface area contributed by atoms with Crippen molar-refractivity contribution in [3.8, 4) is 11.3 Å². The van der Waals surface area contributed by atoms with Crippen LogP contribution in [0.2, 0.25) is 0 Å². The van der Waals surface area contributed by atoms with Gasteiger partial charge in [0.2, 0.25) is 5.91 Å². The van der Waals surface area contributed by atoms with Gasteiger partial charge in [-0.25, -0.2) is 4.98 Å². The van der Waals surface area contributed by atoms with E-state index in [0.29, 0.717) is 15.7 Å².